The number of anilines is 1. The van der Waals surface area contributed by atoms with Gasteiger partial charge in [0, 0.05) is 33.3 Å². The third kappa shape index (κ3) is 8.28. The van der Waals surface area contributed by atoms with E-state index in [1.165, 1.54) is 37.1 Å². The van der Waals surface area contributed by atoms with Crippen LogP contribution in [0.15, 0.2) is 138 Å². The Balaban J connectivity index is 1.29. The molecule has 0 aromatic heterocycles. The summed E-state index contributed by atoms with van der Waals surface area (Å²) < 4.78 is 5.36. The maximum Gasteiger partial charge on any atom is 0.272 e. The Labute approximate surface area is 265 Å². The minimum Gasteiger partial charge on any atom is -0.508 e. The van der Waals surface area contributed by atoms with Crippen LogP contribution in [-0.2, 0) is 4.79 Å². The van der Waals surface area contributed by atoms with Crippen molar-refractivity contribution < 1.29 is 24.2 Å². The number of carbonyl (C=O) groups is 3. The zero-order chi connectivity index (χ0) is 31.6. The van der Waals surface area contributed by atoms with Crippen molar-refractivity contribution in [3.8, 4) is 22.6 Å². The third-order valence-corrected chi connectivity index (χ3v) is 7.82. The number of nitrogens with one attached hydrogen (secondary N) is 2. The predicted molar refractivity (Wildman–Crippen MR) is 179 cm³/mol. The molecule has 0 saturated heterocycles. The van der Waals surface area contributed by atoms with E-state index in [4.69, 9.17) is 4.74 Å². The normalized spacial score (nSPS) is 11.0. The lowest BCUT2D eigenvalue weighted by Crippen LogP contribution is -2.30. The molecule has 8 heteroatoms. The summed E-state index contributed by atoms with van der Waals surface area (Å²) in [5, 5.41) is 15.4. The zero-order valence-electron chi connectivity index (χ0n) is 24.4. The SMILES string of the molecule is COc1cc(O)ccc1/C=C(\NC(=O)c1ccccc1)C(=O)Nc1cccc(SCC(=O)c2ccc(-c3ccccc3)cc2)c1. The van der Waals surface area contributed by atoms with Gasteiger partial charge in [-0.1, -0.05) is 78.9 Å². The number of ether oxygens (including phenoxy) is 1. The molecular formula is C37H30N2O5S. The fourth-order valence-corrected chi connectivity index (χ4v) is 5.34. The summed E-state index contributed by atoms with van der Waals surface area (Å²) in [5.74, 6) is -0.486. The number of methoxy groups -OCH3 is 1. The number of aromatic hydroxyl groups is 1. The molecule has 0 spiro atoms. The van der Waals surface area contributed by atoms with Gasteiger partial charge in [0.2, 0.25) is 0 Å². The van der Waals surface area contributed by atoms with Crippen molar-refractivity contribution in [3.63, 3.8) is 0 Å². The molecule has 5 aromatic rings. The molecule has 45 heavy (non-hydrogen) atoms. The van der Waals surface area contributed by atoms with E-state index < -0.39 is 11.8 Å². The summed E-state index contributed by atoms with van der Waals surface area (Å²) in [5.41, 5.74) is 4.08. The molecule has 3 N–H and O–H groups in total. The summed E-state index contributed by atoms with van der Waals surface area (Å²) >= 11 is 1.37. The number of amides is 2. The maximum absolute atomic E-state index is 13.5. The highest BCUT2D eigenvalue weighted by molar-refractivity contribution is 8.00. The van der Waals surface area contributed by atoms with Crippen LogP contribution in [-0.4, -0.2) is 35.6 Å². The summed E-state index contributed by atoms with van der Waals surface area (Å²) in [6.07, 6.45) is 1.48. The molecule has 7 nitrogen and oxygen atoms in total. The van der Waals surface area contributed by atoms with Gasteiger partial charge in [-0.05, 0) is 59.7 Å². The van der Waals surface area contributed by atoms with E-state index in [1.807, 2.05) is 60.7 Å². The molecule has 224 valence electrons. The molecule has 0 aliphatic carbocycles. The van der Waals surface area contributed by atoms with Gasteiger partial charge >= 0.3 is 0 Å². The summed E-state index contributed by atoms with van der Waals surface area (Å²) in [4.78, 5) is 40.2. The molecule has 5 aromatic carbocycles. The predicted octanol–water partition coefficient (Wildman–Crippen LogP) is 7.45. The molecule has 0 aliphatic heterocycles. The van der Waals surface area contributed by atoms with Crippen LogP contribution >= 0.6 is 11.8 Å². The van der Waals surface area contributed by atoms with Gasteiger partial charge < -0.3 is 20.5 Å². The van der Waals surface area contributed by atoms with Gasteiger partial charge in [0.25, 0.3) is 11.8 Å². The second kappa shape index (κ2) is 14.7. The first-order valence-corrected chi connectivity index (χ1v) is 15.1. The Kier molecular flexibility index (Phi) is 10.1. The molecule has 5 rings (SSSR count). The Morgan fingerprint density at radius 2 is 1.44 bits per heavy atom. The first-order chi connectivity index (χ1) is 21.9. The average Bonchev–Trinajstić information content (AvgIpc) is 3.08. The van der Waals surface area contributed by atoms with Gasteiger partial charge in [-0.2, -0.15) is 0 Å². The highest BCUT2D eigenvalue weighted by Crippen LogP contribution is 2.27. The first kappa shape index (κ1) is 30.8. The molecule has 0 aliphatic rings. The molecule has 0 heterocycles. The van der Waals surface area contributed by atoms with Crippen molar-refractivity contribution in [2.45, 2.75) is 4.90 Å². The van der Waals surface area contributed by atoms with Crippen molar-refractivity contribution in [3.05, 3.63) is 150 Å². The number of carbonyl (C=O) groups excluding carboxylic acids is 3. The van der Waals surface area contributed by atoms with Crippen molar-refractivity contribution in [2.75, 3.05) is 18.2 Å². The van der Waals surface area contributed by atoms with E-state index >= 15 is 0 Å². The molecule has 0 bridgehead atoms. The Hall–Kier alpha value is -5.60. The zero-order valence-corrected chi connectivity index (χ0v) is 25.2. The van der Waals surface area contributed by atoms with Crippen molar-refractivity contribution in [1.82, 2.24) is 5.32 Å². The largest absolute Gasteiger partial charge is 0.508 e. The van der Waals surface area contributed by atoms with Crippen molar-refractivity contribution >= 4 is 41.1 Å². The van der Waals surface area contributed by atoms with E-state index in [0.29, 0.717) is 28.1 Å². The summed E-state index contributed by atoms with van der Waals surface area (Å²) in [7, 11) is 1.45. The smallest absolute Gasteiger partial charge is 0.272 e. The molecular weight excluding hydrogens is 584 g/mol. The van der Waals surface area contributed by atoms with Gasteiger partial charge in [-0.3, -0.25) is 14.4 Å². The monoisotopic (exact) mass is 614 g/mol. The fraction of sp³-hybridized carbons (Fsp3) is 0.0541. The second-order valence-electron chi connectivity index (χ2n) is 9.94. The minimum absolute atomic E-state index is 0.000295. The Morgan fingerprint density at radius 1 is 0.756 bits per heavy atom. The van der Waals surface area contributed by atoms with Gasteiger partial charge in [0.05, 0.1) is 12.9 Å². The lowest BCUT2D eigenvalue weighted by atomic mass is 10.0. The van der Waals surface area contributed by atoms with Crippen LogP contribution in [0.2, 0.25) is 0 Å². The van der Waals surface area contributed by atoms with Crippen LogP contribution in [0, 0.1) is 0 Å². The van der Waals surface area contributed by atoms with Crippen molar-refractivity contribution in [1.29, 1.82) is 0 Å². The van der Waals surface area contributed by atoms with Crippen LogP contribution in [0.25, 0.3) is 17.2 Å². The number of hydrogen-bond donors (Lipinski definition) is 3. The highest BCUT2D eigenvalue weighted by Gasteiger charge is 2.17. The van der Waals surface area contributed by atoms with E-state index in [0.717, 1.165) is 16.0 Å². The highest BCUT2D eigenvalue weighted by atomic mass is 32.2. The number of benzene rings is 5. The van der Waals surface area contributed by atoms with Gasteiger partial charge in [-0.25, -0.2) is 0 Å². The number of phenols is 1. The van der Waals surface area contributed by atoms with Crippen LogP contribution in [0.3, 0.4) is 0 Å². The molecule has 2 amide bonds. The minimum atomic E-state index is -0.564. The standard InChI is InChI=1S/C37H30N2O5S/c1-44-35-23-31(40)20-19-29(35)21-33(39-36(42)28-11-6-3-7-12-28)37(43)38-30-13-8-14-32(22-30)45-24-34(41)27-17-15-26(16-18-27)25-9-4-2-5-10-25/h2-23,40H,24H2,1H3,(H,38,43)(H,39,42)/b33-21-. The van der Waals surface area contributed by atoms with E-state index in [9.17, 15) is 19.5 Å². The lowest BCUT2D eigenvalue weighted by Gasteiger charge is -2.13. The average molecular weight is 615 g/mol. The molecule has 0 fully saturated rings. The Morgan fingerprint density at radius 3 is 2.16 bits per heavy atom. The second-order valence-corrected chi connectivity index (χ2v) is 11.0. The van der Waals surface area contributed by atoms with Gasteiger partial charge in [-0.15, -0.1) is 11.8 Å². The molecule has 0 saturated carbocycles. The fourth-order valence-electron chi connectivity index (χ4n) is 4.49. The van der Waals surface area contributed by atoms with E-state index in [-0.39, 0.29) is 23.0 Å². The molecule has 0 radical (unpaired) electrons. The number of rotatable bonds is 11. The van der Waals surface area contributed by atoms with Crippen LogP contribution in [0.5, 0.6) is 11.5 Å². The lowest BCUT2D eigenvalue weighted by molar-refractivity contribution is -0.113. The third-order valence-electron chi connectivity index (χ3n) is 6.82. The Bertz CT molecular complexity index is 1840. The number of thioether (sulfide) groups is 1. The first-order valence-electron chi connectivity index (χ1n) is 14.1. The maximum atomic E-state index is 13.5. The van der Waals surface area contributed by atoms with Crippen LogP contribution < -0.4 is 15.4 Å². The summed E-state index contributed by atoms with van der Waals surface area (Å²) in [6, 6.07) is 37.7. The van der Waals surface area contributed by atoms with E-state index in [1.54, 1.807) is 54.6 Å². The van der Waals surface area contributed by atoms with Crippen LogP contribution in [0.4, 0.5) is 5.69 Å². The number of Topliss-reactive ketones (excluding diaryl/α,β-unsaturated/α-hetero) is 1. The molecule has 0 unspecified atom stereocenters. The van der Waals surface area contributed by atoms with Gasteiger partial charge in [0.1, 0.15) is 17.2 Å². The van der Waals surface area contributed by atoms with E-state index in [2.05, 4.69) is 10.6 Å². The number of phenolic OH excluding ortho intramolecular Hbond substituents is 1. The van der Waals surface area contributed by atoms with Gasteiger partial charge in [0.15, 0.2) is 5.78 Å². The molecule has 0 atom stereocenters. The van der Waals surface area contributed by atoms with Crippen molar-refractivity contribution in [2.24, 2.45) is 0 Å². The topological polar surface area (TPSA) is 105 Å². The quantitative estimate of drug-likeness (QED) is 0.0811. The summed E-state index contributed by atoms with van der Waals surface area (Å²) in [6.45, 7) is 0. The number of hydrogen-bond acceptors (Lipinski definition) is 6. The van der Waals surface area contributed by atoms with Crippen LogP contribution in [0.1, 0.15) is 26.3 Å². The number of ketones is 1.